The van der Waals surface area contributed by atoms with Crippen LogP contribution in [0, 0.1) is 0 Å². The van der Waals surface area contributed by atoms with Crippen LogP contribution in [0.2, 0.25) is 0 Å². The molecule has 0 aliphatic carbocycles. The summed E-state index contributed by atoms with van der Waals surface area (Å²) in [6.45, 7) is 0.390. The van der Waals surface area contributed by atoms with Crippen LogP contribution in [0.5, 0.6) is 5.75 Å². The van der Waals surface area contributed by atoms with Crippen LogP contribution in [0.1, 0.15) is 16.7 Å². The second-order valence-electron chi connectivity index (χ2n) is 5.20. The summed E-state index contributed by atoms with van der Waals surface area (Å²) in [4.78, 5) is 11.6. The molecule has 2 N–H and O–H groups in total. The van der Waals surface area contributed by atoms with Crippen molar-refractivity contribution in [3.05, 3.63) is 83.4 Å². The van der Waals surface area contributed by atoms with Crippen molar-refractivity contribution in [1.82, 2.24) is 5.32 Å². The molecule has 0 aromatic heterocycles. The Hall–Kier alpha value is -3.02. The van der Waals surface area contributed by atoms with Gasteiger partial charge in [-0.25, -0.2) is 0 Å². The zero-order valence-corrected chi connectivity index (χ0v) is 13.1. The fourth-order valence-electron chi connectivity index (χ4n) is 2.04. The lowest BCUT2D eigenvalue weighted by molar-refractivity contribution is -0.138. The Balaban J connectivity index is 1.92. The predicted octanol–water partition coefficient (Wildman–Crippen LogP) is 4.30. The van der Waals surface area contributed by atoms with Crippen molar-refractivity contribution in [2.45, 2.75) is 12.7 Å². The minimum Gasteiger partial charge on any atom is -0.507 e. The number of carbonyl (C=O) groups excluding carboxylic acids is 1. The summed E-state index contributed by atoms with van der Waals surface area (Å²) >= 11 is 0. The maximum absolute atomic E-state index is 12.7. The first kappa shape index (κ1) is 18.3. The second-order valence-corrected chi connectivity index (χ2v) is 5.20. The number of amides is 1. The number of halogens is 3. The van der Waals surface area contributed by atoms with Crippen LogP contribution in [0.3, 0.4) is 0 Å². The van der Waals surface area contributed by atoms with Crippen molar-refractivity contribution in [2.24, 2.45) is 0 Å². The molecule has 25 heavy (non-hydrogen) atoms. The van der Waals surface area contributed by atoms with Crippen LogP contribution in [-0.2, 0) is 17.5 Å². The molecule has 0 spiro atoms. The van der Waals surface area contributed by atoms with Crippen LogP contribution >= 0.6 is 0 Å². The highest BCUT2D eigenvalue weighted by molar-refractivity contribution is 5.87. The smallest absolute Gasteiger partial charge is 0.419 e. The normalized spacial score (nSPS) is 12.0. The van der Waals surface area contributed by atoms with Crippen LogP contribution < -0.4 is 5.32 Å². The fraction of sp³-hybridized carbons (Fsp3) is 0.105. The zero-order chi connectivity index (χ0) is 18.3. The molecular formula is C19H16F3NO2. The summed E-state index contributed by atoms with van der Waals surface area (Å²) in [6, 6.07) is 12.6. The van der Waals surface area contributed by atoms with Crippen molar-refractivity contribution >= 4 is 12.0 Å². The van der Waals surface area contributed by atoms with Crippen molar-refractivity contribution in [1.29, 1.82) is 0 Å². The van der Waals surface area contributed by atoms with E-state index in [9.17, 15) is 23.1 Å². The molecule has 2 aromatic carbocycles. The fourth-order valence-corrected chi connectivity index (χ4v) is 2.04. The third-order valence-corrected chi connectivity index (χ3v) is 3.28. The van der Waals surface area contributed by atoms with E-state index in [0.717, 1.165) is 17.7 Å². The topological polar surface area (TPSA) is 49.3 Å². The zero-order valence-electron chi connectivity index (χ0n) is 13.1. The number of hydrogen-bond donors (Lipinski definition) is 2. The molecule has 6 heteroatoms. The van der Waals surface area contributed by atoms with Crippen molar-refractivity contribution in [3.8, 4) is 5.75 Å². The maximum atomic E-state index is 12.7. The average Bonchev–Trinajstić information content (AvgIpc) is 2.58. The molecule has 0 fully saturated rings. The molecule has 0 saturated carbocycles. The molecule has 0 atom stereocenters. The standard InChI is InChI=1S/C19H16F3NO2/c20-19(21,22)16-12-14(10-11-17(16)24)6-4-5-9-18(25)23-13-15-7-2-1-3-8-15/h1-12,24H,13H2,(H,23,25)/b6-4+,9-5+. The summed E-state index contributed by atoms with van der Waals surface area (Å²) in [5, 5.41) is 11.9. The van der Waals surface area contributed by atoms with Gasteiger partial charge in [0.2, 0.25) is 5.91 Å². The van der Waals surface area contributed by atoms with Gasteiger partial charge in [-0.05, 0) is 23.3 Å². The third-order valence-electron chi connectivity index (χ3n) is 3.28. The Labute approximate surface area is 143 Å². The van der Waals surface area contributed by atoms with Crippen molar-refractivity contribution in [2.75, 3.05) is 0 Å². The van der Waals surface area contributed by atoms with Gasteiger partial charge in [-0.3, -0.25) is 4.79 Å². The van der Waals surface area contributed by atoms with E-state index >= 15 is 0 Å². The highest BCUT2D eigenvalue weighted by atomic mass is 19.4. The lowest BCUT2D eigenvalue weighted by Crippen LogP contribution is -2.20. The molecule has 0 saturated heterocycles. The molecule has 0 aliphatic rings. The van der Waals surface area contributed by atoms with Gasteiger partial charge in [-0.2, -0.15) is 13.2 Å². The number of phenolic OH excluding ortho intramolecular Hbond substituents is 1. The second kappa shape index (κ2) is 8.19. The van der Waals surface area contributed by atoms with E-state index in [-0.39, 0.29) is 11.5 Å². The van der Waals surface area contributed by atoms with Crippen LogP contribution in [0.4, 0.5) is 13.2 Å². The maximum Gasteiger partial charge on any atom is 0.419 e. The van der Waals surface area contributed by atoms with Gasteiger partial charge in [-0.1, -0.05) is 54.6 Å². The molecule has 0 aliphatic heterocycles. The SMILES string of the molecule is O=C(/C=C/C=C/c1ccc(O)c(C(F)(F)F)c1)NCc1ccccc1. The van der Waals surface area contributed by atoms with Crippen molar-refractivity contribution in [3.63, 3.8) is 0 Å². The summed E-state index contributed by atoms with van der Waals surface area (Å²) in [7, 11) is 0. The van der Waals surface area contributed by atoms with Gasteiger partial charge in [0.15, 0.2) is 0 Å². The largest absolute Gasteiger partial charge is 0.507 e. The van der Waals surface area contributed by atoms with Crippen LogP contribution in [0.25, 0.3) is 6.08 Å². The first-order valence-corrected chi connectivity index (χ1v) is 7.43. The van der Waals surface area contributed by atoms with Crippen LogP contribution in [0.15, 0.2) is 66.8 Å². The number of benzene rings is 2. The lowest BCUT2D eigenvalue weighted by atomic mass is 10.1. The quantitative estimate of drug-likeness (QED) is 0.626. The molecule has 0 unspecified atom stereocenters. The minimum absolute atomic E-state index is 0.263. The van der Waals surface area contributed by atoms with E-state index in [1.807, 2.05) is 30.3 Å². The summed E-state index contributed by atoms with van der Waals surface area (Å²) in [6.07, 6.45) is 0.955. The Morgan fingerprint density at radius 1 is 1.08 bits per heavy atom. The molecule has 2 aromatic rings. The molecule has 3 nitrogen and oxygen atoms in total. The number of alkyl halides is 3. The summed E-state index contributed by atoms with van der Waals surface area (Å²) < 4.78 is 38.1. The molecule has 0 radical (unpaired) electrons. The Morgan fingerprint density at radius 2 is 1.80 bits per heavy atom. The highest BCUT2D eigenvalue weighted by Gasteiger charge is 2.33. The van der Waals surface area contributed by atoms with Crippen molar-refractivity contribution < 1.29 is 23.1 Å². The van der Waals surface area contributed by atoms with Gasteiger partial charge in [0.1, 0.15) is 5.75 Å². The highest BCUT2D eigenvalue weighted by Crippen LogP contribution is 2.36. The summed E-state index contributed by atoms with van der Waals surface area (Å²) in [5.41, 5.74) is 0.127. The molecular weight excluding hydrogens is 331 g/mol. The Kier molecular flexibility index (Phi) is 6.00. The van der Waals surface area contributed by atoms with Gasteiger partial charge >= 0.3 is 6.18 Å². The molecule has 130 valence electrons. The number of allylic oxidation sites excluding steroid dienone is 2. The summed E-state index contributed by atoms with van der Waals surface area (Å²) in [5.74, 6) is -1.13. The van der Waals surface area contributed by atoms with E-state index in [1.165, 1.54) is 30.4 Å². The predicted molar refractivity (Wildman–Crippen MR) is 89.6 cm³/mol. The monoisotopic (exact) mass is 347 g/mol. The van der Waals surface area contributed by atoms with Crippen LogP contribution in [-0.4, -0.2) is 11.0 Å². The van der Waals surface area contributed by atoms with E-state index in [0.29, 0.717) is 6.54 Å². The van der Waals surface area contributed by atoms with Gasteiger partial charge < -0.3 is 10.4 Å². The van der Waals surface area contributed by atoms with Gasteiger partial charge in [0.05, 0.1) is 5.56 Å². The number of carbonyl (C=O) groups is 1. The molecule has 1 amide bonds. The lowest BCUT2D eigenvalue weighted by Gasteiger charge is -2.09. The number of rotatable bonds is 5. The van der Waals surface area contributed by atoms with E-state index in [4.69, 9.17) is 0 Å². The van der Waals surface area contributed by atoms with E-state index in [1.54, 1.807) is 0 Å². The first-order chi connectivity index (χ1) is 11.9. The molecule has 0 heterocycles. The Bertz CT molecular complexity index is 781. The minimum atomic E-state index is -4.62. The Morgan fingerprint density at radius 3 is 2.48 bits per heavy atom. The van der Waals surface area contributed by atoms with E-state index < -0.39 is 17.5 Å². The third kappa shape index (κ3) is 5.84. The number of hydrogen-bond acceptors (Lipinski definition) is 2. The van der Waals surface area contributed by atoms with Gasteiger partial charge in [0, 0.05) is 12.6 Å². The number of nitrogens with one attached hydrogen (secondary N) is 1. The van der Waals surface area contributed by atoms with Gasteiger partial charge in [0.25, 0.3) is 0 Å². The number of phenols is 1. The first-order valence-electron chi connectivity index (χ1n) is 7.43. The number of aromatic hydroxyl groups is 1. The van der Waals surface area contributed by atoms with Gasteiger partial charge in [-0.15, -0.1) is 0 Å². The molecule has 2 rings (SSSR count). The van der Waals surface area contributed by atoms with E-state index in [2.05, 4.69) is 5.32 Å². The molecule has 0 bridgehead atoms. The average molecular weight is 347 g/mol.